The van der Waals surface area contributed by atoms with Gasteiger partial charge in [-0.2, -0.15) is 5.10 Å². The molecule has 12 heteroatoms. The molecule has 0 aromatic carbocycles. The third-order valence-corrected chi connectivity index (χ3v) is 8.30. The van der Waals surface area contributed by atoms with Crippen molar-refractivity contribution in [1.82, 2.24) is 30.4 Å². The second kappa shape index (κ2) is 10.1. The van der Waals surface area contributed by atoms with Gasteiger partial charge in [-0.3, -0.25) is 19.7 Å². The van der Waals surface area contributed by atoms with Crippen molar-refractivity contribution in [3.63, 3.8) is 0 Å². The Bertz CT molecular complexity index is 1430. The standard InChI is InChI=1S/C28H31F2N7O3/c1-16-3-4-18(12-31-16)36-14-21(30)24(15-36)33-26(38)17-5-8-37(28(11-17)6-7-28)27(39)23-10-22(34-35-23)19-9-25(40-2)32-13-20(19)29/h3-4,9-10,12-13,17,21,24H,5-8,11,14-15H2,1-2H3,(H,33,38)(H,34,35)/t17?,21-,24+/m1/s1. The molecule has 1 aliphatic carbocycles. The van der Waals surface area contributed by atoms with Crippen LogP contribution in [0.3, 0.4) is 0 Å². The molecule has 3 aromatic rings. The quantitative estimate of drug-likeness (QED) is 0.484. The van der Waals surface area contributed by atoms with Crippen LogP contribution in [0, 0.1) is 18.7 Å². The van der Waals surface area contributed by atoms with Crippen LogP contribution in [0.15, 0.2) is 36.7 Å². The molecule has 3 fully saturated rings. The van der Waals surface area contributed by atoms with Gasteiger partial charge in [-0.25, -0.2) is 13.8 Å². The van der Waals surface area contributed by atoms with Crippen molar-refractivity contribution >= 4 is 17.5 Å². The van der Waals surface area contributed by atoms with Crippen LogP contribution in [-0.4, -0.2) is 81.4 Å². The average molecular weight is 552 g/mol. The Hall–Kier alpha value is -4.09. The highest BCUT2D eigenvalue weighted by Gasteiger charge is 2.55. The Balaban J connectivity index is 1.09. The Labute approximate surface area is 230 Å². The van der Waals surface area contributed by atoms with Crippen LogP contribution >= 0.6 is 0 Å². The van der Waals surface area contributed by atoms with E-state index in [0.717, 1.165) is 30.4 Å². The number of aryl methyl sites for hydroxylation is 1. The molecule has 0 radical (unpaired) electrons. The summed E-state index contributed by atoms with van der Waals surface area (Å²) in [6.07, 6.45) is 4.19. The fraction of sp³-hybridized carbons (Fsp3) is 0.464. The molecule has 1 saturated carbocycles. The molecule has 40 heavy (non-hydrogen) atoms. The summed E-state index contributed by atoms with van der Waals surface area (Å²) in [6.45, 7) is 2.88. The number of pyridine rings is 2. The van der Waals surface area contributed by atoms with Crippen molar-refractivity contribution < 1.29 is 23.1 Å². The Kier molecular flexibility index (Phi) is 6.63. The van der Waals surface area contributed by atoms with Crippen LogP contribution in [0.1, 0.15) is 41.9 Å². The van der Waals surface area contributed by atoms with E-state index in [1.165, 1.54) is 19.2 Å². The van der Waals surface area contributed by atoms with Gasteiger partial charge in [0.1, 0.15) is 11.9 Å². The Morgan fingerprint density at radius 1 is 1.18 bits per heavy atom. The number of piperidine rings is 1. The fourth-order valence-corrected chi connectivity index (χ4v) is 5.85. The number of H-pyrrole nitrogens is 1. The second-order valence-corrected chi connectivity index (χ2v) is 10.9. The maximum atomic E-state index is 14.9. The monoisotopic (exact) mass is 551 g/mol. The fourth-order valence-electron chi connectivity index (χ4n) is 5.85. The van der Waals surface area contributed by atoms with Gasteiger partial charge in [0, 0.05) is 41.9 Å². The highest BCUT2D eigenvalue weighted by Crippen LogP contribution is 2.50. The molecule has 1 spiro atoms. The van der Waals surface area contributed by atoms with Crippen molar-refractivity contribution in [2.75, 3.05) is 31.6 Å². The predicted octanol–water partition coefficient (Wildman–Crippen LogP) is 3.05. The number of alkyl halides is 1. The summed E-state index contributed by atoms with van der Waals surface area (Å²) in [5.74, 6) is -1.04. The van der Waals surface area contributed by atoms with E-state index in [-0.39, 0.29) is 47.1 Å². The summed E-state index contributed by atoms with van der Waals surface area (Å²) in [5, 5.41) is 9.82. The van der Waals surface area contributed by atoms with Crippen LogP contribution < -0.4 is 15.0 Å². The zero-order chi connectivity index (χ0) is 28.0. The van der Waals surface area contributed by atoms with E-state index in [9.17, 15) is 18.4 Å². The molecule has 0 bridgehead atoms. The number of amides is 2. The molecule has 2 aliphatic heterocycles. The third-order valence-electron chi connectivity index (χ3n) is 8.30. The first kappa shape index (κ1) is 26.1. The molecule has 6 rings (SSSR count). The van der Waals surface area contributed by atoms with E-state index >= 15 is 0 Å². The summed E-state index contributed by atoms with van der Waals surface area (Å²) >= 11 is 0. The number of carbonyl (C=O) groups is 2. The number of aromatic nitrogens is 4. The summed E-state index contributed by atoms with van der Waals surface area (Å²) < 4.78 is 34.3. The summed E-state index contributed by atoms with van der Waals surface area (Å²) in [7, 11) is 1.43. The first-order valence-electron chi connectivity index (χ1n) is 13.5. The molecule has 1 unspecified atom stereocenters. The molecule has 2 saturated heterocycles. The molecule has 3 aliphatic rings. The van der Waals surface area contributed by atoms with E-state index in [1.807, 2.05) is 24.0 Å². The van der Waals surface area contributed by atoms with Gasteiger partial charge in [0.15, 0.2) is 5.82 Å². The summed E-state index contributed by atoms with van der Waals surface area (Å²) in [4.78, 5) is 38.5. The maximum absolute atomic E-state index is 14.9. The lowest BCUT2D eigenvalue weighted by atomic mass is 9.87. The molecule has 3 atom stereocenters. The minimum atomic E-state index is -1.18. The molecule has 10 nitrogen and oxygen atoms in total. The zero-order valence-corrected chi connectivity index (χ0v) is 22.4. The van der Waals surface area contributed by atoms with Gasteiger partial charge >= 0.3 is 0 Å². The summed E-state index contributed by atoms with van der Waals surface area (Å²) in [6, 6.07) is 6.15. The molecule has 2 N–H and O–H groups in total. The van der Waals surface area contributed by atoms with Crippen LogP contribution in [-0.2, 0) is 4.79 Å². The lowest BCUT2D eigenvalue weighted by Crippen LogP contribution is -2.52. The molecular formula is C28H31F2N7O3. The van der Waals surface area contributed by atoms with Crippen molar-refractivity contribution in [2.45, 2.75) is 50.4 Å². The number of likely N-dealkylation sites (tertiary alicyclic amines) is 1. The van der Waals surface area contributed by atoms with Gasteiger partial charge in [-0.05, 0) is 50.8 Å². The van der Waals surface area contributed by atoms with Gasteiger partial charge in [0.25, 0.3) is 5.91 Å². The van der Waals surface area contributed by atoms with E-state index in [4.69, 9.17) is 4.74 Å². The average Bonchev–Trinajstić information content (AvgIpc) is 3.36. The number of hydrogen-bond donors (Lipinski definition) is 2. The van der Waals surface area contributed by atoms with Gasteiger partial charge in [0.05, 0.1) is 43.5 Å². The van der Waals surface area contributed by atoms with Crippen LogP contribution in [0.2, 0.25) is 0 Å². The summed E-state index contributed by atoms with van der Waals surface area (Å²) in [5.41, 5.74) is 2.01. The van der Waals surface area contributed by atoms with Gasteiger partial charge < -0.3 is 19.9 Å². The van der Waals surface area contributed by atoms with Crippen LogP contribution in [0.4, 0.5) is 14.5 Å². The molecule has 5 heterocycles. The number of nitrogens with one attached hydrogen (secondary N) is 2. The van der Waals surface area contributed by atoms with Crippen molar-refractivity contribution in [1.29, 1.82) is 0 Å². The predicted molar refractivity (Wildman–Crippen MR) is 142 cm³/mol. The van der Waals surface area contributed by atoms with Crippen LogP contribution in [0.25, 0.3) is 11.3 Å². The molecule has 3 aromatic heterocycles. The number of halogens is 2. The number of methoxy groups -OCH3 is 1. The van der Waals surface area contributed by atoms with Crippen molar-refractivity contribution in [3.05, 3.63) is 53.9 Å². The minimum Gasteiger partial charge on any atom is -0.481 e. The smallest absolute Gasteiger partial charge is 0.272 e. The lowest BCUT2D eigenvalue weighted by molar-refractivity contribution is -0.128. The number of hydrogen-bond acceptors (Lipinski definition) is 7. The first-order chi connectivity index (χ1) is 19.3. The Morgan fingerprint density at radius 2 is 2.00 bits per heavy atom. The number of ether oxygens (including phenoxy) is 1. The largest absolute Gasteiger partial charge is 0.481 e. The van der Waals surface area contributed by atoms with E-state index in [2.05, 4.69) is 25.5 Å². The highest BCUT2D eigenvalue weighted by atomic mass is 19.1. The second-order valence-electron chi connectivity index (χ2n) is 10.9. The minimum absolute atomic E-state index is 0.166. The first-order valence-corrected chi connectivity index (χ1v) is 13.5. The number of rotatable bonds is 6. The molecule has 210 valence electrons. The lowest BCUT2D eigenvalue weighted by Gasteiger charge is -2.39. The number of anilines is 1. The topological polar surface area (TPSA) is 116 Å². The highest BCUT2D eigenvalue weighted by molar-refractivity contribution is 5.94. The van der Waals surface area contributed by atoms with Gasteiger partial charge in [-0.15, -0.1) is 0 Å². The maximum Gasteiger partial charge on any atom is 0.272 e. The zero-order valence-electron chi connectivity index (χ0n) is 22.4. The van der Waals surface area contributed by atoms with Crippen molar-refractivity contribution in [3.8, 4) is 17.1 Å². The number of nitrogens with zero attached hydrogens (tertiary/aromatic N) is 5. The number of aromatic amines is 1. The number of carbonyl (C=O) groups excluding carboxylic acids is 2. The molecule has 2 amide bonds. The van der Waals surface area contributed by atoms with Crippen LogP contribution in [0.5, 0.6) is 5.88 Å². The van der Waals surface area contributed by atoms with E-state index < -0.39 is 23.6 Å². The van der Waals surface area contributed by atoms with Gasteiger partial charge in [-0.1, -0.05) is 0 Å². The SMILES string of the molecule is COc1cc(-c2cc(C(=O)N3CCC(C(=O)N[C@H]4CN(c5ccc(C)nc5)C[C@H]4F)CC34CC4)[nH]n2)c(F)cn1. The van der Waals surface area contributed by atoms with Crippen molar-refractivity contribution in [2.24, 2.45) is 5.92 Å². The van der Waals surface area contributed by atoms with E-state index in [1.54, 1.807) is 11.1 Å². The normalized spacial score (nSPS) is 23.4. The molecular weight excluding hydrogens is 520 g/mol. The van der Waals surface area contributed by atoms with E-state index in [0.29, 0.717) is 25.9 Å². The third kappa shape index (κ3) is 4.86. The Morgan fingerprint density at radius 3 is 2.73 bits per heavy atom. The van der Waals surface area contributed by atoms with Gasteiger partial charge in [0.2, 0.25) is 11.8 Å².